The van der Waals surface area contributed by atoms with Gasteiger partial charge in [0.05, 0.1) is 69.7 Å². The van der Waals surface area contributed by atoms with Crippen LogP contribution in [0.5, 0.6) is 0 Å². The zero-order chi connectivity index (χ0) is 31.0. The van der Waals surface area contributed by atoms with E-state index in [2.05, 4.69) is 63.7 Å². The predicted octanol–water partition coefficient (Wildman–Crippen LogP) is 4.67. The molecule has 236 valence electrons. The van der Waals surface area contributed by atoms with Gasteiger partial charge in [0, 0.05) is 43.7 Å². The van der Waals surface area contributed by atoms with Gasteiger partial charge in [0.1, 0.15) is 17.4 Å². The molecule has 12 heteroatoms. The molecule has 0 aliphatic heterocycles. The van der Waals surface area contributed by atoms with Crippen LogP contribution in [0.1, 0.15) is 0 Å². The van der Waals surface area contributed by atoms with E-state index in [1.54, 1.807) is 11.3 Å². The minimum atomic E-state index is -0.992. The molecule has 0 aliphatic rings. The summed E-state index contributed by atoms with van der Waals surface area (Å²) in [5.41, 5.74) is 5.45. The highest BCUT2D eigenvalue weighted by atomic mass is 32.1. The van der Waals surface area contributed by atoms with Crippen LogP contribution in [-0.2, 0) is 28.5 Å². The Bertz CT molecular complexity index is 1410. The molecule has 11 nitrogen and oxygen atoms in total. The molecule has 4 rings (SSSR count). The summed E-state index contributed by atoms with van der Waals surface area (Å²) < 4.78 is 27.8. The molecule has 2 aromatic carbocycles. The lowest BCUT2D eigenvalue weighted by Gasteiger charge is -2.11. The number of pyridine rings is 1. The van der Waals surface area contributed by atoms with Crippen molar-refractivity contribution in [1.29, 1.82) is 0 Å². The van der Waals surface area contributed by atoms with Crippen molar-refractivity contribution < 1.29 is 33.6 Å². The Morgan fingerprint density at radius 3 is 1.95 bits per heavy atom. The quantitative estimate of drug-likeness (QED) is 0.126. The van der Waals surface area contributed by atoms with E-state index in [0.29, 0.717) is 59.4 Å². The van der Waals surface area contributed by atoms with Crippen LogP contribution in [-0.4, -0.2) is 108 Å². The highest BCUT2D eigenvalue weighted by Gasteiger charge is 2.09. The number of anilines is 2. The second-order valence-electron chi connectivity index (χ2n) is 9.90. The number of thiazole rings is 1. The Hall–Kier alpha value is -3.65. The van der Waals surface area contributed by atoms with Gasteiger partial charge in [-0.15, -0.1) is 11.3 Å². The van der Waals surface area contributed by atoms with Gasteiger partial charge in [0.2, 0.25) is 0 Å². The molecule has 4 aromatic rings. The van der Waals surface area contributed by atoms with Crippen molar-refractivity contribution in [2.24, 2.45) is 0 Å². The number of nitrogens with zero attached hydrogens (tertiary/aromatic N) is 3. The average Bonchev–Trinajstić information content (AvgIpc) is 3.46. The van der Waals surface area contributed by atoms with E-state index in [-0.39, 0.29) is 13.2 Å². The number of carbonyl (C=O) groups is 1. The lowest BCUT2D eigenvalue weighted by Crippen LogP contribution is -2.15. The largest absolute Gasteiger partial charge is 0.480 e. The number of nitrogens with one attached hydrogen (secondary N) is 1. The molecule has 0 bridgehead atoms. The van der Waals surface area contributed by atoms with Crippen LogP contribution >= 0.6 is 11.3 Å². The van der Waals surface area contributed by atoms with E-state index in [0.717, 1.165) is 33.0 Å². The molecule has 0 atom stereocenters. The molecule has 0 unspecified atom stereocenters. The molecular weight excluding hydrogens is 584 g/mol. The Morgan fingerprint density at radius 2 is 1.36 bits per heavy atom. The monoisotopic (exact) mass is 624 g/mol. The number of carboxylic acid groups (broad SMARTS) is 1. The zero-order valence-corrected chi connectivity index (χ0v) is 26.0. The second-order valence-corrected chi connectivity index (χ2v) is 10.9. The maximum Gasteiger partial charge on any atom is 0.329 e. The van der Waals surface area contributed by atoms with Crippen molar-refractivity contribution in [3.05, 3.63) is 60.8 Å². The van der Waals surface area contributed by atoms with Crippen molar-refractivity contribution >= 4 is 39.0 Å². The summed E-state index contributed by atoms with van der Waals surface area (Å²) in [7, 11) is 4.09. The van der Waals surface area contributed by atoms with Gasteiger partial charge in [-0.2, -0.15) is 0 Å². The van der Waals surface area contributed by atoms with Crippen LogP contribution < -0.4 is 10.2 Å². The molecule has 0 spiro atoms. The van der Waals surface area contributed by atoms with Gasteiger partial charge in [-0.1, -0.05) is 24.3 Å². The lowest BCUT2D eigenvalue weighted by molar-refractivity contribution is -0.142. The summed E-state index contributed by atoms with van der Waals surface area (Å²) in [6.07, 6.45) is 1.87. The number of hydrogen-bond acceptors (Lipinski definition) is 11. The first kappa shape index (κ1) is 33.2. The summed E-state index contributed by atoms with van der Waals surface area (Å²) in [5.74, 6) is -0.195. The van der Waals surface area contributed by atoms with E-state index in [1.807, 2.05) is 26.4 Å². The third-order valence-corrected chi connectivity index (χ3v) is 7.45. The summed E-state index contributed by atoms with van der Waals surface area (Å²) in [6.45, 7) is 4.23. The summed E-state index contributed by atoms with van der Waals surface area (Å²) in [5, 5.41) is 12.7. The van der Waals surface area contributed by atoms with Crippen LogP contribution in [0.2, 0.25) is 0 Å². The third-order valence-electron chi connectivity index (χ3n) is 6.38. The number of benzene rings is 2. The first-order valence-corrected chi connectivity index (χ1v) is 15.3. The van der Waals surface area contributed by atoms with Crippen LogP contribution in [0.15, 0.2) is 60.8 Å². The average molecular weight is 625 g/mol. The van der Waals surface area contributed by atoms with Gasteiger partial charge in [0.25, 0.3) is 0 Å². The fourth-order valence-electron chi connectivity index (χ4n) is 4.08. The molecule has 0 aliphatic carbocycles. The van der Waals surface area contributed by atoms with Gasteiger partial charge in [0.15, 0.2) is 0 Å². The highest BCUT2D eigenvalue weighted by molar-refractivity contribution is 7.21. The molecular formula is C32H40N4O7S. The smallest absolute Gasteiger partial charge is 0.329 e. The second kappa shape index (κ2) is 18.2. The Labute approximate surface area is 261 Å². The van der Waals surface area contributed by atoms with Gasteiger partial charge in [-0.05, 0) is 35.9 Å². The first-order valence-electron chi connectivity index (χ1n) is 14.5. The van der Waals surface area contributed by atoms with Gasteiger partial charge in [-0.3, -0.25) is 0 Å². The van der Waals surface area contributed by atoms with E-state index in [4.69, 9.17) is 33.8 Å². The summed E-state index contributed by atoms with van der Waals surface area (Å²) in [6, 6.07) is 18.8. The van der Waals surface area contributed by atoms with Crippen molar-refractivity contribution in [3.63, 3.8) is 0 Å². The molecule has 0 saturated heterocycles. The van der Waals surface area contributed by atoms with E-state index in [9.17, 15) is 4.79 Å². The number of carboxylic acids is 1. The maximum atomic E-state index is 10.3. The van der Waals surface area contributed by atoms with Crippen LogP contribution in [0.3, 0.4) is 0 Å². The number of fused-ring (bicyclic) bond motifs is 1. The minimum Gasteiger partial charge on any atom is -0.480 e. The van der Waals surface area contributed by atoms with Crippen LogP contribution in [0, 0.1) is 0 Å². The lowest BCUT2D eigenvalue weighted by atomic mass is 10.1. The molecule has 2 N–H and O–H groups in total. The van der Waals surface area contributed by atoms with Crippen molar-refractivity contribution in [3.8, 4) is 21.7 Å². The fourth-order valence-corrected chi connectivity index (χ4v) is 5.08. The molecule has 2 aromatic heterocycles. The van der Waals surface area contributed by atoms with Gasteiger partial charge >= 0.3 is 5.97 Å². The van der Waals surface area contributed by atoms with E-state index >= 15 is 0 Å². The number of ether oxygens (including phenoxy) is 5. The van der Waals surface area contributed by atoms with E-state index < -0.39 is 5.97 Å². The number of aliphatic carboxylic acids is 1. The fraction of sp³-hybridized carbons (Fsp3) is 0.406. The topological polar surface area (TPSA) is 125 Å². The number of aromatic nitrogens is 2. The highest BCUT2D eigenvalue weighted by Crippen LogP contribution is 2.33. The van der Waals surface area contributed by atoms with Crippen molar-refractivity contribution in [2.75, 3.05) is 96.9 Å². The van der Waals surface area contributed by atoms with Crippen LogP contribution in [0.4, 0.5) is 11.5 Å². The zero-order valence-electron chi connectivity index (χ0n) is 25.2. The normalized spacial score (nSPS) is 11.2. The number of hydrogen-bond donors (Lipinski definition) is 2. The van der Waals surface area contributed by atoms with Crippen molar-refractivity contribution in [1.82, 2.24) is 9.97 Å². The Morgan fingerprint density at radius 1 is 0.773 bits per heavy atom. The molecule has 0 amide bonds. The Balaban J connectivity index is 1.05. The van der Waals surface area contributed by atoms with Crippen molar-refractivity contribution in [2.45, 2.75) is 0 Å². The van der Waals surface area contributed by atoms with Crippen LogP contribution in [0.25, 0.3) is 31.9 Å². The molecule has 0 saturated carbocycles. The standard InChI is InChI=1S/C32H40N4O7S/c1-36(2)27-8-9-28-29(21-27)44-32(35-28)25-5-3-24(4-6-25)26-7-10-30(34-22-26)33-11-12-39-13-14-40-15-16-41-17-18-42-19-20-43-23-31(37)38/h3-10,21-22H,11-20,23H2,1-2H3,(H,33,34)(H,37,38). The summed E-state index contributed by atoms with van der Waals surface area (Å²) >= 11 is 1.71. The molecule has 2 heterocycles. The first-order chi connectivity index (χ1) is 21.5. The minimum absolute atomic E-state index is 0.245. The molecule has 0 radical (unpaired) electrons. The summed E-state index contributed by atoms with van der Waals surface area (Å²) in [4.78, 5) is 21.8. The maximum absolute atomic E-state index is 10.3. The third kappa shape index (κ3) is 11.1. The molecule has 0 fully saturated rings. The van der Waals surface area contributed by atoms with Gasteiger partial charge in [-0.25, -0.2) is 14.8 Å². The SMILES string of the molecule is CN(C)c1ccc2nc(-c3ccc(-c4ccc(NCCOCCOCCOCCOCCOCC(=O)O)nc4)cc3)sc2c1. The predicted molar refractivity (Wildman–Crippen MR) is 173 cm³/mol. The van der Waals surface area contributed by atoms with E-state index in [1.165, 1.54) is 10.4 Å². The molecule has 44 heavy (non-hydrogen) atoms. The Kier molecular flexibility index (Phi) is 13.8. The van der Waals surface area contributed by atoms with Gasteiger partial charge < -0.3 is 39.0 Å². The number of rotatable bonds is 21.